The number of thioether (sulfide) groups is 1. The monoisotopic (exact) mass is 496 g/mol. The number of anilines is 1. The molecular formula is C29H28N4O2S. The molecule has 0 unspecified atom stereocenters. The molecule has 3 aromatic carbocycles. The van der Waals surface area contributed by atoms with Crippen LogP contribution < -0.4 is 5.32 Å². The van der Waals surface area contributed by atoms with E-state index < -0.39 is 5.25 Å². The van der Waals surface area contributed by atoms with Gasteiger partial charge in [0, 0.05) is 18.5 Å². The van der Waals surface area contributed by atoms with Crippen LogP contribution >= 0.6 is 11.8 Å². The van der Waals surface area contributed by atoms with Crippen molar-refractivity contribution in [2.75, 3.05) is 5.32 Å². The highest BCUT2D eigenvalue weighted by Crippen LogP contribution is 2.38. The SMILES string of the molecule is Cc1ccc(C2=NN(C3=NC(=O)[C@@H](CC(=O)Nc4cc(C)ccc4C)S3)[C@H](c3ccccc3)C2)cc1. The zero-order valence-corrected chi connectivity index (χ0v) is 21.4. The van der Waals surface area contributed by atoms with Crippen LogP contribution in [0.2, 0.25) is 0 Å². The highest BCUT2D eigenvalue weighted by atomic mass is 32.2. The third kappa shape index (κ3) is 5.11. The highest BCUT2D eigenvalue weighted by Gasteiger charge is 2.39. The van der Waals surface area contributed by atoms with E-state index in [9.17, 15) is 9.59 Å². The molecule has 2 aliphatic heterocycles. The quantitative estimate of drug-likeness (QED) is 0.485. The Balaban J connectivity index is 1.34. The lowest BCUT2D eigenvalue weighted by Crippen LogP contribution is -2.25. The van der Waals surface area contributed by atoms with Gasteiger partial charge in [-0.05, 0) is 49.1 Å². The molecule has 0 saturated carbocycles. The van der Waals surface area contributed by atoms with Gasteiger partial charge in [-0.1, -0.05) is 84.1 Å². The Kier molecular flexibility index (Phi) is 6.74. The van der Waals surface area contributed by atoms with Crippen molar-refractivity contribution in [2.24, 2.45) is 10.1 Å². The van der Waals surface area contributed by atoms with Gasteiger partial charge in [-0.15, -0.1) is 0 Å². The number of hydrogen-bond donors (Lipinski definition) is 1. The zero-order valence-electron chi connectivity index (χ0n) is 20.6. The molecule has 7 heteroatoms. The van der Waals surface area contributed by atoms with Gasteiger partial charge in [-0.2, -0.15) is 10.1 Å². The Labute approximate surface area is 215 Å². The maximum Gasteiger partial charge on any atom is 0.262 e. The van der Waals surface area contributed by atoms with Crippen molar-refractivity contribution in [2.45, 2.75) is 44.9 Å². The molecule has 36 heavy (non-hydrogen) atoms. The Bertz CT molecular complexity index is 1370. The number of rotatable bonds is 5. The number of aryl methyl sites for hydroxylation is 3. The van der Waals surface area contributed by atoms with Crippen LogP contribution in [0.4, 0.5) is 5.69 Å². The first-order valence-corrected chi connectivity index (χ1v) is 12.9. The maximum absolute atomic E-state index is 12.8. The maximum atomic E-state index is 12.8. The normalized spacial score (nSPS) is 19.3. The van der Waals surface area contributed by atoms with Crippen LogP contribution in [0.15, 0.2) is 82.9 Å². The lowest BCUT2D eigenvalue weighted by atomic mass is 9.98. The number of nitrogens with one attached hydrogen (secondary N) is 1. The minimum absolute atomic E-state index is 0.0578. The summed E-state index contributed by atoms with van der Waals surface area (Å²) in [4.78, 5) is 29.9. The van der Waals surface area contributed by atoms with Gasteiger partial charge in [0.1, 0.15) is 5.25 Å². The second-order valence-corrected chi connectivity index (χ2v) is 10.5. The zero-order chi connectivity index (χ0) is 25.2. The van der Waals surface area contributed by atoms with E-state index in [1.165, 1.54) is 17.3 Å². The van der Waals surface area contributed by atoms with Gasteiger partial charge in [-0.3, -0.25) is 9.59 Å². The van der Waals surface area contributed by atoms with Gasteiger partial charge in [0.15, 0.2) is 5.17 Å². The lowest BCUT2D eigenvalue weighted by molar-refractivity contribution is -0.121. The second kappa shape index (κ2) is 10.1. The van der Waals surface area contributed by atoms with E-state index >= 15 is 0 Å². The molecule has 3 aromatic rings. The topological polar surface area (TPSA) is 74.1 Å². The van der Waals surface area contributed by atoms with Gasteiger partial charge < -0.3 is 5.32 Å². The molecule has 0 aliphatic carbocycles. The molecule has 2 aliphatic rings. The summed E-state index contributed by atoms with van der Waals surface area (Å²) in [7, 11) is 0. The van der Waals surface area contributed by atoms with Crippen LogP contribution in [0.1, 0.15) is 46.7 Å². The molecule has 0 saturated heterocycles. The molecule has 0 spiro atoms. The summed E-state index contributed by atoms with van der Waals surface area (Å²) < 4.78 is 0. The van der Waals surface area contributed by atoms with E-state index in [1.54, 1.807) is 0 Å². The van der Waals surface area contributed by atoms with Crippen LogP contribution in [0.25, 0.3) is 0 Å². The third-order valence-electron chi connectivity index (χ3n) is 6.44. The number of amides is 2. The Morgan fingerprint density at radius 3 is 2.47 bits per heavy atom. The van der Waals surface area contributed by atoms with Crippen molar-refractivity contribution in [3.8, 4) is 0 Å². The van der Waals surface area contributed by atoms with Gasteiger partial charge in [-0.25, -0.2) is 5.01 Å². The average molecular weight is 497 g/mol. The van der Waals surface area contributed by atoms with Gasteiger partial charge >= 0.3 is 0 Å². The van der Waals surface area contributed by atoms with Crippen molar-refractivity contribution in [1.82, 2.24) is 5.01 Å². The molecular weight excluding hydrogens is 468 g/mol. The number of carbonyl (C=O) groups excluding carboxylic acids is 2. The Hall–Kier alpha value is -3.71. The predicted octanol–water partition coefficient (Wildman–Crippen LogP) is 5.79. The van der Waals surface area contributed by atoms with E-state index in [-0.39, 0.29) is 24.3 Å². The molecule has 0 bridgehead atoms. The number of nitrogens with zero attached hydrogens (tertiary/aromatic N) is 3. The van der Waals surface area contributed by atoms with Crippen molar-refractivity contribution >= 4 is 40.1 Å². The molecule has 2 amide bonds. The summed E-state index contributed by atoms with van der Waals surface area (Å²) in [5, 5.41) is 9.69. The summed E-state index contributed by atoms with van der Waals surface area (Å²) >= 11 is 1.32. The summed E-state index contributed by atoms with van der Waals surface area (Å²) in [5.74, 6) is -0.493. The number of benzene rings is 3. The van der Waals surface area contributed by atoms with Gasteiger partial charge in [0.2, 0.25) is 5.91 Å². The van der Waals surface area contributed by atoms with Gasteiger partial charge in [0.05, 0.1) is 11.8 Å². The van der Waals surface area contributed by atoms with E-state index in [2.05, 4.69) is 53.6 Å². The van der Waals surface area contributed by atoms with Crippen LogP contribution in [0.5, 0.6) is 0 Å². The summed E-state index contributed by atoms with van der Waals surface area (Å²) in [5.41, 5.74) is 7.13. The van der Waals surface area contributed by atoms with Crippen molar-refractivity contribution < 1.29 is 9.59 Å². The number of hydrazone groups is 1. The number of carbonyl (C=O) groups is 2. The summed E-state index contributed by atoms with van der Waals surface area (Å²) in [6, 6.07) is 24.3. The fourth-order valence-electron chi connectivity index (χ4n) is 4.39. The Morgan fingerprint density at radius 1 is 1.00 bits per heavy atom. The smallest absolute Gasteiger partial charge is 0.262 e. The lowest BCUT2D eigenvalue weighted by Gasteiger charge is -2.23. The number of hydrogen-bond acceptors (Lipinski definition) is 5. The molecule has 2 atom stereocenters. The fourth-order valence-corrected chi connectivity index (χ4v) is 5.45. The number of aliphatic imine (C=N–C) groups is 1. The largest absolute Gasteiger partial charge is 0.326 e. The highest BCUT2D eigenvalue weighted by molar-refractivity contribution is 8.15. The van der Waals surface area contributed by atoms with Gasteiger partial charge in [0.25, 0.3) is 5.91 Å². The molecule has 0 radical (unpaired) electrons. The predicted molar refractivity (Wildman–Crippen MR) is 146 cm³/mol. The first-order chi connectivity index (χ1) is 17.4. The molecule has 0 fully saturated rings. The minimum atomic E-state index is -0.569. The molecule has 1 N–H and O–H groups in total. The minimum Gasteiger partial charge on any atom is -0.326 e. The van der Waals surface area contributed by atoms with Crippen LogP contribution in [-0.4, -0.2) is 33.0 Å². The first kappa shape index (κ1) is 24.0. The second-order valence-electron chi connectivity index (χ2n) is 9.30. The summed E-state index contributed by atoms with van der Waals surface area (Å²) in [6.07, 6.45) is 0.765. The molecule has 6 nitrogen and oxygen atoms in total. The molecule has 2 heterocycles. The van der Waals surface area contributed by atoms with E-state index in [0.717, 1.165) is 33.7 Å². The molecule has 182 valence electrons. The van der Waals surface area contributed by atoms with E-state index in [0.29, 0.717) is 11.6 Å². The molecule has 0 aromatic heterocycles. The fraction of sp³-hybridized carbons (Fsp3) is 0.241. The molecule has 5 rings (SSSR count). The van der Waals surface area contributed by atoms with E-state index in [1.807, 2.05) is 55.3 Å². The van der Waals surface area contributed by atoms with Crippen molar-refractivity contribution in [1.29, 1.82) is 0 Å². The number of amidine groups is 1. The summed E-state index contributed by atoms with van der Waals surface area (Å²) in [6.45, 7) is 5.99. The Morgan fingerprint density at radius 2 is 1.72 bits per heavy atom. The van der Waals surface area contributed by atoms with Crippen LogP contribution in [0.3, 0.4) is 0 Å². The average Bonchev–Trinajstić information content (AvgIpc) is 3.46. The van der Waals surface area contributed by atoms with Crippen molar-refractivity contribution in [3.63, 3.8) is 0 Å². The van der Waals surface area contributed by atoms with Crippen molar-refractivity contribution in [3.05, 3.63) is 101 Å². The van der Waals surface area contributed by atoms with Crippen LogP contribution in [-0.2, 0) is 9.59 Å². The third-order valence-corrected chi connectivity index (χ3v) is 7.58. The first-order valence-electron chi connectivity index (χ1n) is 12.0. The standard InChI is InChI=1S/C29H28N4O2S/c1-18-10-13-21(14-11-18)24-16-25(22-7-5-4-6-8-22)33(32-24)29-31-28(35)26(36-29)17-27(34)30-23-15-19(2)9-12-20(23)3/h4-15,25-26H,16-17H2,1-3H3,(H,30,34)/t25-,26+/m0/s1. The van der Waals surface area contributed by atoms with E-state index in [4.69, 9.17) is 5.10 Å². The van der Waals surface area contributed by atoms with Crippen LogP contribution in [0, 0.1) is 20.8 Å².